The van der Waals surface area contributed by atoms with Crippen molar-refractivity contribution < 1.29 is 39.9 Å². The molecular formula is C22H15F8N3O2. The second-order valence-corrected chi connectivity index (χ2v) is 7.32. The number of ether oxygens (including phenoxy) is 1. The molecule has 0 aliphatic rings. The van der Waals surface area contributed by atoms with Crippen molar-refractivity contribution in [3.8, 4) is 23.0 Å². The first-order valence-corrected chi connectivity index (χ1v) is 9.61. The van der Waals surface area contributed by atoms with Crippen molar-refractivity contribution >= 4 is 6.08 Å². The van der Waals surface area contributed by atoms with E-state index in [-0.39, 0.29) is 5.69 Å². The lowest BCUT2D eigenvalue weighted by molar-refractivity contribution is -0.291. The fourth-order valence-corrected chi connectivity index (χ4v) is 2.93. The number of halogens is 8. The summed E-state index contributed by atoms with van der Waals surface area (Å²) in [6, 6.07) is 4.75. The third-order valence-corrected chi connectivity index (χ3v) is 4.89. The molecule has 0 radical (unpaired) electrons. The standard InChI is InChI=1S/C22H15F8N3O2/c1-4-12-6-7-13(9-14(12)21(25,26)27)35-16-17(20(23,24)22(28,29)30)32-18(33-19(16)34)15-8-5-10(2)11(3)31-15/h4-9H,1H2,2-3H3,(H,32,33,34). The molecule has 0 saturated heterocycles. The van der Waals surface area contributed by atoms with Crippen molar-refractivity contribution in [1.82, 2.24) is 15.0 Å². The zero-order valence-corrected chi connectivity index (χ0v) is 17.9. The SMILES string of the molecule is C=Cc1ccc(Oc2c(C(F)(F)C(F)(F)F)nc(-c3ccc(C)c(C)n3)[nH]c2=O)cc1C(F)(F)F. The molecule has 2 aromatic heterocycles. The number of hydrogen-bond donors (Lipinski definition) is 1. The number of aromatic amines is 1. The molecule has 0 aliphatic heterocycles. The molecule has 0 bridgehead atoms. The zero-order chi connectivity index (χ0) is 26.3. The average molecular weight is 505 g/mol. The largest absolute Gasteiger partial charge is 0.459 e. The summed E-state index contributed by atoms with van der Waals surface area (Å²) >= 11 is 0. The maximum Gasteiger partial charge on any atom is 0.459 e. The molecule has 13 heteroatoms. The van der Waals surface area contributed by atoms with Crippen molar-refractivity contribution in [2.24, 2.45) is 0 Å². The van der Waals surface area contributed by atoms with E-state index in [2.05, 4.69) is 16.5 Å². The van der Waals surface area contributed by atoms with Crippen LogP contribution in [0.1, 0.15) is 28.1 Å². The number of rotatable bonds is 5. The number of hydrogen-bond acceptors (Lipinski definition) is 4. The fourth-order valence-electron chi connectivity index (χ4n) is 2.93. The molecule has 5 nitrogen and oxygen atoms in total. The van der Waals surface area contributed by atoms with Gasteiger partial charge in [-0.15, -0.1) is 0 Å². The molecule has 0 amide bonds. The second-order valence-electron chi connectivity index (χ2n) is 7.32. The summed E-state index contributed by atoms with van der Waals surface area (Å²) in [6.07, 6.45) is -10.3. The summed E-state index contributed by atoms with van der Waals surface area (Å²) in [5.41, 5.74) is -4.61. The molecule has 0 fully saturated rings. The van der Waals surface area contributed by atoms with E-state index in [1.807, 2.05) is 4.98 Å². The highest BCUT2D eigenvalue weighted by Gasteiger charge is 2.62. The number of pyridine rings is 1. The van der Waals surface area contributed by atoms with Gasteiger partial charge in [0.15, 0.2) is 11.5 Å². The number of H-pyrrole nitrogens is 1. The van der Waals surface area contributed by atoms with Crippen LogP contribution in [0.25, 0.3) is 17.6 Å². The van der Waals surface area contributed by atoms with E-state index in [0.29, 0.717) is 17.3 Å². The van der Waals surface area contributed by atoms with Crippen molar-refractivity contribution in [1.29, 1.82) is 0 Å². The molecule has 0 aliphatic carbocycles. The molecule has 0 saturated carbocycles. The van der Waals surface area contributed by atoms with Crippen LogP contribution >= 0.6 is 0 Å². The van der Waals surface area contributed by atoms with E-state index in [9.17, 15) is 39.9 Å². The van der Waals surface area contributed by atoms with Gasteiger partial charge in [-0.05, 0) is 43.2 Å². The van der Waals surface area contributed by atoms with Crippen LogP contribution in [0, 0.1) is 13.8 Å². The number of nitrogens with one attached hydrogen (secondary N) is 1. The minimum Gasteiger partial charge on any atom is -0.449 e. The third kappa shape index (κ3) is 5.03. The highest BCUT2D eigenvalue weighted by molar-refractivity contribution is 5.56. The predicted molar refractivity (Wildman–Crippen MR) is 109 cm³/mol. The van der Waals surface area contributed by atoms with Gasteiger partial charge in [0.25, 0.3) is 5.56 Å². The van der Waals surface area contributed by atoms with Crippen LogP contribution in [0.4, 0.5) is 35.1 Å². The number of benzene rings is 1. The van der Waals surface area contributed by atoms with Crippen LogP contribution in [-0.4, -0.2) is 21.1 Å². The van der Waals surface area contributed by atoms with Crippen LogP contribution in [0.15, 0.2) is 41.7 Å². The van der Waals surface area contributed by atoms with Gasteiger partial charge in [-0.3, -0.25) is 4.79 Å². The van der Waals surface area contributed by atoms with Crippen molar-refractivity contribution in [2.45, 2.75) is 32.1 Å². The van der Waals surface area contributed by atoms with Gasteiger partial charge in [0, 0.05) is 5.69 Å². The Balaban J connectivity index is 2.24. The lowest BCUT2D eigenvalue weighted by Crippen LogP contribution is -2.36. The normalized spacial score (nSPS) is 12.5. The molecule has 0 spiro atoms. The van der Waals surface area contributed by atoms with Gasteiger partial charge in [-0.1, -0.05) is 24.8 Å². The number of aryl methyl sites for hydroxylation is 2. The van der Waals surface area contributed by atoms with Crippen LogP contribution in [-0.2, 0) is 12.1 Å². The molecule has 35 heavy (non-hydrogen) atoms. The number of aromatic nitrogens is 3. The Morgan fingerprint density at radius 2 is 1.63 bits per heavy atom. The Hall–Kier alpha value is -3.77. The van der Waals surface area contributed by atoms with Crippen LogP contribution in [0.3, 0.4) is 0 Å². The van der Waals surface area contributed by atoms with Crippen LogP contribution in [0.2, 0.25) is 0 Å². The van der Waals surface area contributed by atoms with Gasteiger partial charge in [0.05, 0.1) is 5.56 Å². The summed E-state index contributed by atoms with van der Waals surface area (Å²) in [5.74, 6) is -8.87. The molecule has 2 heterocycles. The average Bonchev–Trinajstić information content (AvgIpc) is 2.75. The van der Waals surface area contributed by atoms with Crippen molar-refractivity contribution in [2.75, 3.05) is 0 Å². The fraction of sp³-hybridized carbons (Fsp3) is 0.227. The van der Waals surface area contributed by atoms with Crippen LogP contribution < -0.4 is 10.3 Å². The quantitative estimate of drug-likeness (QED) is 0.399. The molecule has 3 aromatic rings. The van der Waals surface area contributed by atoms with Gasteiger partial charge < -0.3 is 9.72 Å². The van der Waals surface area contributed by atoms with Gasteiger partial charge in [-0.25, -0.2) is 9.97 Å². The Labute approximate surface area is 192 Å². The van der Waals surface area contributed by atoms with Gasteiger partial charge in [-0.2, -0.15) is 35.1 Å². The minimum absolute atomic E-state index is 0.217. The third-order valence-electron chi connectivity index (χ3n) is 4.89. The lowest BCUT2D eigenvalue weighted by atomic mass is 10.1. The topological polar surface area (TPSA) is 67.9 Å². The van der Waals surface area contributed by atoms with Gasteiger partial charge in [0.1, 0.15) is 11.4 Å². The molecule has 0 atom stereocenters. The molecule has 0 unspecified atom stereocenters. The first kappa shape index (κ1) is 25.8. The summed E-state index contributed by atoms with van der Waals surface area (Å²) in [4.78, 5) is 21.8. The first-order valence-electron chi connectivity index (χ1n) is 9.61. The Morgan fingerprint density at radius 3 is 2.17 bits per heavy atom. The van der Waals surface area contributed by atoms with E-state index in [1.54, 1.807) is 6.92 Å². The summed E-state index contributed by atoms with van der Waals surface area (Å²) in [5, 5.41) is 0. The Kier molecular flexibility index (Phi) is 6.49. The maximum atomic E-state index is 14.4. The Bertz CT molecular complexity index is 1340. The molecule has 186 valence electrons. The lowest BCUT2D eigenvalue weighted by Gasteiger charge is -2.21. The molecule has 1 aromatic carbocycles. The zero-order valence-electron chi connectivity index (χ0n) is 17.9. The van der Waals surface area contributed by atoms with Crippen molar-refractivity contribution in [3.63, 3.8) is 0 Å². The molecule has 3 rings (SSSR count). The predicted octanol–water partition coefficient (Wildman–Crippen LogP) is 6.56. The molecule has 1 N–H and O–H groups in total. The van der Waals surface area contributed by atoms with Crippen molar-refractivity contribution in [3.05, 3.63) is 75.3 Å². The van der Waals surface area contributed by atoms with E-state index in [1.165, 1.54) is 19.1 Å². The number of nitrogens with zero attached hydrogens (tertiary/aromatic N) is 2. The maximum absolute atomic E-state index is 14.4. The Morgan fingerprint density at radius 1 is 0.971 bits per heavy atom. The van der Waals surface area contributed by atoms with E-state index >= 15 is 0 Å². The van der Waals surface area contributed by atoms with Gasteiger partial charge in [0.2, 0.25) is 5.75 Å². The van der Waals surface area contributed by atoms with E-state index in [0.717, 1.165) is 18.2 Å². The van der Waals surface area contributed by atoms with Crippen LogP contribution in [0.5, 0.6) is 11.5 Å². The summed E-state index contributed by atoms with van der Waals surface area (Å²) in [7, 11) is 0. The monoisotopic (exact) mass is 505 g/mol. The van der Waals surface area contributed by atoms with Gasteiger partial charge >= 0.3 is 18.3 Å². The summed E-state index contributed by atoms with van der Waals surface area (Å²) in [6.45, 7) is 6.41. The smallest absolute Gasteiger partial charge is 0.449 e. The molecular weight excluding hydrogens is 490 g/mol. The highest BCUT2D eigenvalue weighted by Crippen LogP contribution is 2.46. The van der Waals surface area contributed by atoms with E-state index in [4.69, 9.17) is 4.74 Å². The first-order chi connectivity index (χ1) is 16.1. The summed E-state index contributed by atoms with van der Waals surface area (Å²) < 4.78 is 113. The minimum atomic E-state index is -6.20. The highest BCUT2D eigenvalue weighted by atomic mass is 19.4. The van der Waals surface area contributed by atoms with E-state index < -0.39 is 58.0 Å². The number of alkyl halides is 8. The second kappa shape index (κ2) is 8.78.